The van der Waals surface area contributed by atoms with Crippen molar-refractivity contribution in [3.05, 3.63) is 71.3 Å². The fourth-order valence-electron chi connectivity index (χ4n) is 6.13. The Hall–Kier alpha value is -3.91. The Morgan fingerprint density at radius 2 is 1.55 bits per heavy atom. The van der Waals surface area contributed by atoms with E-state index >= 15 is 0 Å². The van der Waals surface area contributed by atoms with Crippen LogP contribution in [0, 0.1) is 11.8 Å². The predicted molar refractivity (Wildman–Crippen MR) is 184 cm³/mol. The second-order valence-corrected chi connectivity index (χ2v) is 15.2. The highest BCUT2D eigenvalue weighted by molar-refractivity contribution is 6.45. The van der Waals surface area contributed by atoms with Crippen molar-refractivity contribution in [3.63, 3.8) is 0 Å². The van der Waals surface area contributed by atoms with Gasteiger partial charge in [0, 0.05) is 25.1 Å². The number of hydrogen-bond acceptors (Lipinski definition) is 8. The summed E-state index contributed by atoms with van der Waals surface area (Å²) in [5.74, 6) is -2.67. The molecule has 278 valence electrons. The first kappa shape index (κ1) is 39.9. The van der Waals surface area contributed by atoms with Crippen LogP contribution in [0.5, 0.6) is 0 Å². The van der Waals surface area contributed by atoms with Crippen LogP contribution in [0.15, 0.2) is 54.6 Å². The maximum atomic E-state index is 14.1. The molecule has 2 aromatic carbocycles. The molecule has 1 unspecified atom stereocenters. The third-order valence-corrected chi connectivity index (χ3v) is 9.52. The molecule has 14 heteroatoms. The molecule has 51 heavy (non-hydrogen) atoms. The van der Waals surface area contributed by atoms with Crippen LogP contribution >= 0.6 is 0 Å². The van der Waals surface area contributed by atoms with E-state index in [1.54, 1.807) is 51.1 Å². The van der Waals surface area contributed by atoms with E-state index in [4.69, 9.17) is 18.8 Å². The van der Waals surface area contributed by atoms with Crippen molar-refractivity contribution < 1.29 is 51.1 Å². The zero-order chi connectivity index (χ0) is 37.8. The van der Waals surface area contributed by atoms with Crippen LogP contribution in [-0.4, -0.2) is 78.3 Å². The molecule has 2 saturated heterocycles. The van der Waals surface area contributed by atoms with Gasteiger partial charge < -0.3 is 29.0 Å². The Morgan fingerprint density at radius 1 is 0.941 bits per heavy atom. The Morgan fingerprint density at radius 3 is 2.12 bits per heavy atom. The lowest BCUT2D eigenvalue weighted by Crippen LogP contribution is -2.50. The molecule has 0 radical (unpaired) electrons. The number of halogens is 3. The first-order valence-electron chi connectivity index (χ1n) is 17.2. The number of hydrogen-bond donors (Lipinski definition) is 1. The third-order valence-electron chi connectivity index (χ3n) is 9.52. The predicted octanol–water partition coefficient (Wildman–Crippen LogP) is 6.51. The second-order valence-electron chi connectivity index (χ2n) is 15.2. The minimum atomic E-state index is -4.54. The van der Waals surface area contributed by atoms with Crippen molar-refractivity contribution in [2.75, 3.05) is 19.7 Å². The zero-order valence-corrected chi connectivity index (χ0v) is 30.3. The molecular formula is C37H48BF3N2O8. The summed E-state index contributed by atoms with van der Waals surface area (Å²) >= 11 is 0. The summed E-state index contributed by atoms with van der Waals surface area (Å²) < 4.78 is 62.7. The molecule has 4 rings (SSSR count). The number of carbonyl (C=O) groups is 4. The molecule has 0 saturated carbocycles. The van der Waals surface area contributed by atoms with Gasteiger partial charge in [-0.2, -0.15) is 13.2 Å². The number of esters is 1. The van der Waals surface area contributed by atoms with E-state index in [1.807, 2.05) is 27.7 Å². The van der Waals surface area contributed by atoms with E-state index in [-0.39, 0.29) is 31.2 Å². The maximum Gasteiger partial charge on any atom is 0.457 e. The number of Topliss-reactive ketones (excluding diaryl/α,β-unsaturated/α-hetero) is 1. The molecular weight excluding hydrogens is 668 g/mol. The Labute approximate surface area is 297 Å². The van der Waals surface area contributed by atoms with Gasteiger partial charge in [-0.05, 0) is 84.8 Å². The van der Waals surface area contributed by atoms with Gasteiger partial charge in [0.15, 0.2) is 12.4 Å². The first-order valence-corrected chi connectivity index (χ1v) is 17.2. The number of nitrogens with zero attached hydrogens (tertiary/aromatic N) is 1. The molecule has 2 aliphatic rings. The van der Waals surface area contributed by atoms with Crippen molar-refractivity contribution in [2.24, 2.45) is 11.8 Å². The summed E-state index contributed by atoms with van der Waals surface area (Å²) in [6.45, 7) is 12.5. The molecule has 0 spiro atoms. The van der Waals surface area contributed by atoms with Crippen molar-refractivity contribution in [1.29, 1.82) is 0 Å². The lowest BCUT2D eigenvalue weighted by Gasteiger charge is -2.32. The first-order chi connectivity index (χ1) is 23.6. The van der Waals surface area contributed by atoms with Crippen LogP contribution in [0.3, 0.4) is 0 Å². The molecule has 1 N–H and O–H groups in total. The summed E-state index contributed by atoms with van der Waals surface area (Å²) in [5.41, 5.74) is -1.96. The van der Waals surface area contributed by atoms with Crippen LogP contribution in [0.1, 0.15) is 82.8 Å². The molecule has 2 aliphatic heterocycles. The average molecular weight is 717 g/mol. The van der Waals surface area contributed by atoms with Crippen molar-refractivity contribution in [3.8, 4) is 0 Å². The van der Waals surface area contributed by atoms with Crippen LogP contribution in [0.4, 0.5) is 18.0 Å². The summed E-state index contributed by atoms with van der Waals surface area (Å²) in [6, 6.07) is 11.6. The topological polar surface area (TPSA) is 120 Å². The molecule has 3 atom stereocenters. The number of nitrogens with one attached hydrogen (secondary N) is 1. The number of benzene rings is 2. The Kier molecular flexibility index (Phi) is 12.3. The smallest absolute Gasteiger partial charge is 0.457 e. The monoisotopic (exact) mass is 716 g/mol. The highest BCUT2D eigenvalue weighted by Gasteiger charge is 2.51. The Bertz CT molecular complexity index is 1530. The maximum absolute atomic E-state index is 14.1. The van der Waals surface area contributed by atoms with Crippen LogP contribution < -0.4 is 5.32 Å². The number of amides is 2. The standard InChI is InChI=1S/C37H48BF3N2O8/c1-34(2,3)49-33(47)42-29(20-24-15-17-27(18-16-24)37(39,40)41)31(45)43-21-26(14-11-19-38-50-35(4,5)36(6,7)51-38)28(22-43)32(46)48-23-30(44)25-12-9-8-10-13-25/h8-10,12-13,15-18,26,28-29H,11,14,19-23H2,1-7H3,(H,42,47)/t26-,28+,29?/m0/s1. The normalized spacial score (nSPS) is 20.5. The number of ether oxygens (including phenoxy) is 2. The molecule has 10 nitrogen and oxygen atoms in total. The summed E-state index contributed by atoms with van der Waals surface area (Å²) in [6.07, 6.45) is -3.89. The van der Waals surface area contributed by atoms with Gasteiger partial charge in [-0.15, -0.1) is 0 Å². The van der Waals surface area contributed by atoms with Gasteiger partial charge in [-0.1, -0.05) is 48.9 Å². The van der Waals surface area contributed by atoms with Gasteiger partial charge >= 0.3 is 25.4 Å². The van der Waals surface area contributed by atoms with Gasteiger partial charge in [-0.25, -0.2) is 4.79 Å². The van der Waals surface area contributed by atoms with E-state index in [0.29, 0.717) is 30.3 Å². The van der Waals surface area contributed by atoms with E-state index in [1.165, 1.54) is 17.0 Å². The molecule has 0 aliphatic carbocycles. The number of rotatable bonds is 12. The summed E-state index contributed by atoms with van der Waals surface area (Å²) in [7, 11) is -0.450. The summed E-state index contributed by atoms with van der Waals surface area (Å²) in [4.78, 5) is 54.6. The van der Waals surface area contributed by atoms with Crippen LogP contribution in [0.2, 0.25) is 6.32 Å². The van der Waals surface area contributed by atoms with Crippen molar-refractivity contribution in [1.82, 2.24) is 10.2 Å². The number of likely N-dealkylation sites (tertiary alicyclic amines) is 1. The van der Waals surface area contributed by atoms with Gasteiger partial charge in [0.2, 0.25) is 5.91 Å². The molecule has 0 bridgehead atoms. The molecule has 2 amide bonds. The van der Waals surface area contributed by atoms with Crippen LogP contribution in [0.25, 0.3) is 0 Å². The molecule has 2 aromatic rings. The summed E-state index contributed by atoms with van der Waals surface area (Å²) in [5, 5.41) is 2.59. The van der Waals surface area contributed by atoms with E-state index in [9.17, 15) is 32.3 Å². The zero-order valence-electron chi connectivity index (χ0n) is 30.3. The number of ketones is 1. The van der Waals surface area contributed by atoms with Gasteiger partial charge in [0.25, 0.3) is 0 Å². The van der Waals surface area contributed by atoms with E-state index in [0.717, 1.165) is 12.1 Å². The van der Waals surface area contributed by atoms with Gasteiger partial charge in [0.05, 0.1) is 22.7 Å². The minimum absolute atomic E-state index is 0.0438. The highest BCUT2D eigenvalue weighted by Crippen LogP contribution is 2.39. The number of alkyl halides is 3. The Balaban J connectivity index is 1.51. The van der Waals surface area contributed by atoms with E-state index in [2.05, 4.69) is 5.32 Å². The quantitative estimate of drug-likeness (QED) is 0.150. The molecule has 2 heterocycles. The highest BCUT2D eigenvalue weighted by atomic mass is 19.4. The SMILES string of the molecule is CC(C)(C)OC(=O)NC(Cc1ccc(C(F)(F)F)cc1)C(=O)N1C[C@H](CCCB2OC(C)(C)C(C)(C)O2)[C@H](C(=O)OCC(=O)c2ccccc2)C1. The molecule has 2 fully saturated rings. The van der Waals surface area contributed by atoms with Crippen molar-refractivity contribution in [2.45, 2.75) is 103 Å². The van der Waals surface area contributed by atoms with Crippen LogP contribution in [-0.2, 0) is 41.0 Å². The average Bonchev–Trinajstić information content (AvgIpc) is 3.54. The van der Waals surface area contributed by atoms with Gasteiger partial charge in [0.1, 0.15) is 11.6 Å². The van der Waals surface area contributed by atoms with Crippen molar-refractivity contribution >= 4 is 30.9 Å². The lowest BCUT2D eigenvalue weighted by molar-refractivity contribution is -0.148. The van der Waals surface area contributed by atoms with E-state index < -0.39 is 72.2 Å². The fraction of sp³-hybridized carbons (Fsp3) is 0.568. The van der Waals surface area contributed by atoms with Gasteiger partial charge in [-0.3, -0.25) is 14.4 Å². The third kappa shape index (κ3) is 10.8. The lowest BCUT2D eigenvalue weighted by atomic mass is 9.79. The fourth-order valence-corrected chi connectivity index (χ4v) is 6.13. The second kappa shape index (κ2) is 15.8. The molecule has 0 aromatic heterocycles. The minimum Gasteiger partial charge on any atom is -0.457 e. The number of alkyl carbamates (subject to hydrolysis) is 1. The number of carbonyl (C=O) groups excluding carboxylic acids is 4. The largest absolute Gasteiger partial charge is 0.457 e.